The van der Waals surface area contributed by atoms with E-state index in [0.29, 0.717) is 18.5 Å². The van der Waals surface area contributed by atoms with Crippen molar-refractivity contribution in [3.05, 3.63) is 54.2 Å². The molecule has 5 nitrogen and oxygen atoms in total. The number of aromatic nitrogens is 1. The van der Waals surface area contributed by atoms with E-state index >= 15 is 0 Å². The molecule has 3 aromatic rings. The first-order valence-electron chi connectivity index (χ1n) is 9.11. The van der Waals surface area contributed by atoms with Crippen molar-refractivity contribution in [3.8, 4) is 22.9 Å². The summed E-state index contributed by atoms with van der Waals surface area (Å²) in [6.07, 6.45) is 1.16. The topological polar surface area (TPSA) is 69.4 Å². The third-order valence-corrected chi connectivity index (χ3v) is 5.12. The molecule has 0 aliphatic carbocycles. The number of hydrogen-bond acceptors (Lipinski definition) is 5. The van der Waals surface area contributed by atoms with Crippen LogP contribution in [0.2, 0.25) is 0 Å². The molecule has 0 unspecified atom stereocenters. The van der Waals surface area contributed by atoms with E-state index in [-0.39, 0.29) is 6.10 Å². The second-order valence-corrected chi connectivity index (χ2v) is 6.77. The second-order valence-electron chi connectivity index (χ2n) is 6.77. The fourth-order valence-corrected chi connectivity index (χ4v) is 3.70. The first-order chi connectivity index (χ1) is 13.2. The summed E-state index contributed by atoms with van der Waals surface area (Å²) >= 11 is 0. The average Bonchev–Trinajstić information content (AvgIpc) is 2.73. The van der Waals surface area contributed by atoms with Gasteiger partial charge in [0.25, 0.3) is 0 Å². The fraction of sp³-hybridized carbons (Fsp3) is 0.273. The van der Waals surface area contributed by atoms with Crippen LogP contribution in [0, 0.1) is 11.3 Å². The molecule has 1 N–H and O–H groups in total. The average molecular weight is 359 g/mol. The zero-order chi connectivity index (χ0) is 18.8. The van der Waals surface area contributed by atoms with Crippen molar-refractivity contribution in [2.45, 2.75) is 18.9 Å². The summed E-state index contributed by atoms with van der Waals surface area (Å²) in [7, 11) is 1.64. The molecular formula is C22H21N3O2. The largest absolute Gasteiger partial charge is 0.497 e. The van der Waals surface area contributed by atoms with Crippen molar-refractivity contribution < 1.29 is 9.84 Å². The molecule has 0 amide bonds. The van der Waals surface area contributed by atoms with Crippen molar-refractivity contribution in [2.75, 3.05) is 25.1 Å². The number of methoxy groups -OCH3 is 1. The van der Waals surface area contributed by atoms with Crippen LogP contribution in [-0.2, 0) is 0 Å². The summed E-state index contributed by atoms with van der Waals surface area (Å²) in [4.78, 5) is 6.91. The number of ether oxygens (including phenoxy) is 1. The van der Waals surface area contributed by atoms with Gasteiger partial charge in [0.2, 0.25) is 0 Å². The standard InChI is InChI=1S/C22H21N3O2/c1-27-17-7-8-18-19(13-17)21(15-5-3-2-4-6-15)20(14-23)24-22(18)25-11-9-16(26)10-12-25/h2-8,13,16,26H,9-12H2,1H3. The lowest BCUT2D eigenvalue weighted by Crippen LogP contribution is -2.36. The highest BCUT2D eigenvalue weighted by molar-refractivity contribution is 6.04. The van der Waals surface area contributed by atoms with E-state index in [1.54, 1.807) is 7.11 Å². The van der Waals surface area contributed by atoms with Gasteiger partial charge in [-0.05, 0) is 42.0 Å². The summed E-state index contributed by atoms with van der Waals surface area (Å²) in [5.74, 6) is 1.55. The number of aliphatic hydroxyl groups is 1. The summed E-state index contributed by atoms with van der Waals surface area (Å²) < 4.78 is 5.44. The molecule has 1 saturated heterocycles. The molecule has 136 valence electrons. The highest BCUT2D eigenvalue weighted by Crippen LogP contribution is 2.38. The van der Waals surface area contributed by atoms with Crippen molar-refractivity contribution >= 4 is 16.6 Å². The number of nitriles is 1. The quantitative estimate of drug-likeness (QED) is 0.771. The molecule has 0 saturated carbocycles. The van der Waals surface area contributed by atoms with E-state index < -0.39 is 0 Å². The molecule has 0 bridgehead atoms. The Morgan fingerprint density at radius 2 is 1.85 bits per heavy atom. The first-order valence-corrected chi connectivity index (χ1v) is 9.11. The van der Waals surface area contributed by atoms with Gasteiger partial charge in [0, 0.05) is 24.0 Å². The lowest BCUT2D eigenvalue weighted by atomic mass is 9.96. The summed E-state index contributed by atoms with van der Waals surface area (Å²) in [5.41, 5.74) is 2.19. The van der Waals surface area contributed by atoms with Gasteiger partial charge in [-0.1, -0.05) is 30.3 Å². The SMILES string of the molecule is COc1ccc2c(N3CCC(O)CC3)nc(C#N)c(-c3ccccc3)c2c1. The molecular weight excluding hydrogens is 338 g/mol. The van der Waals surface area contributed by atoms with Crippen LogP contribution in [-0.4, -0.2) is 36.4 Å². The molecule has 2 aromatic carbocycles. The molecule has 1 aromatic heterocycles. The van der Waals surface area contributed by atoms with E-state index in [2.05, 4.69) is 11.0 Å². The summed E-state index contributed by atoms with van der Waals surface area (Å²) in [6.45, 7) is 1.45. The number of anilines is 1. The Hall–Kier alpha value is -3.10. The molecule has 0 spiro atoms. The van der Waals surface area contributed by atoms with Gasteiger partial charge in [-0.3, -0.25) is 0 Å². The summed E-state index contributed by atoms with van der Waals surface area (Å²) in [5, 5.41) is 21.6. The normalized spacial score (nSPS) is 14.9. The van der Waals surface area contributed by atoms with Crippen LogP contribution in [0.5, 0.6) is 5.75 Å². The minimum absolute atomic E-state index is 0.258. The lowest BCUT2D eigenvalue weighted by molar-refractivity contribution is 0.145. The number of hydrogen-bond donors (Lipinski definition) is 1. The van der Waals surface area contributed by atoms with Gasteiger partial charge in [0.1, 0.15) is 17.6 Å². The van der Waals surface area contributed by atoms with Crippen molar-refractivity contribution in [1.82, 2.24) is 4.98 Å². The van der Waals surface area contributed by atoms with E-state index in [4.69, 9.17) is 9.72 Å². The summed E-state index contributed by atoms with van der Waals surface area (Å²) in [6, 6.07) is 18.1. The monoisotopic (exact) mass is 359 g/mol. The molecule has 27 heavy (non-hydrogen) atoms. The molecule has 1 aliphatic heterocycles. The Bertz CT molecular complexity index is 1000. The lowest BCUT2D eigenvalue weighted by Gasteiger charge is -2.31. The molecule has 1 fully saturated rings. The zero-order valence-corrected chi connectivity index (χ0v) is 15.2. The third kappa shape index (κ3) is 3.20. The maximum absolute atomic E-state index is 9.83. The second kappa shape index (κ2) is 7.26. The van der Waals surface area contributed by atoms with Crippen LogP contribution in [0.1, 0.15) is 18.5 Å². The predicted octanol–water partition coefficient (Wildman–Crippen LogP) is 3.74. The molecule has 2 heterocycles. The van der Waals surface area contributed by atoms with Gasteiger partial charge in [-0.15, -0.1) is 0 Å². The number of piperidine rings is 1. The predicted molar refractivity (Wildman–Crippen MR) is 106 cm³/mol. The van der Waals surface area contributed by atoms with E-state index in [1.807, 2.05) is 48.5 Å². The molecule has 5 heteroatoms. The Morgan fingerprint density at radius 1 is 1.11 bits per heavy atom. The van der Waals surface area contributed by atoms with Crippen LogP contribution in [0.4, 0.5) is 5.82 Å². The van der Waals surface area contributed by atoms with Crippen LogP contribution in [0.15, 0.2) is 48.5 Å². The smallest absolute Gasteiger partial charge is 0.151 e. The van der Waals surface area contributed by atoms with Gasteiger partial charge in [-0.25, -0.2) is 4.98 Å². The Balaban J connectivity index is 1.98. The molecule has 1 aliphatic rings. The van der Waals surface area contributed by atoms with Gasteiger partial charge in [0.05, 0.1) is 13.2 Å². The van der Waals surface area contributed by atoms with Crippen molar-refractivity contribution in [2.24, 2.45) is 0 Å². The van der Waals surface area contributed by atoms with Crippen LogP contribution in [0.3, 0.4) is 0 Å². The third-order valence-electron chi connectivity index (χ3n) is 5.12. The number of nitrogens with zero attached hydrogens (tertiary/aromatic N) is 3. The minimum atomic E-state index is -0.258. The Morgan fingerprint density at radius 3 is 2.52 bits per heavy atom. The molecule has 0 atom stereocenters. The van der Waals surface area contributed by atoms with Crippen LogP contribution >= 0.6 is 0 Å². The van der Waals surface area contributed by atoms with Crippen LogP contribution < -0.4 is 9.64 Å². The van der Waals surface area contributed by atoms with Gasteiger partial charge in [0.15, 0.2) is 5.69 Å². The highest BCUT2D eigenvalue weighted by Gasteiger charge is 2.23. The molecule has 4 rings (SSSR count). The van der Waals surface area contributed by atoms with Crippen molar-refractivity contribution in [1.29, 1.82) is 5.26 Å². The number of pyridine rings is 1. The van der Waals surface area contributed by atoms with E-state index in [9.17, 15) is 10.4 Å². The maximum Gasteiger partial charge on any atom is 0.151 e. The van der Waals surface area contributed by atoms with Crippen molar-refractivity contribution in [3.63, 3.8) is 0 Å². The van der Waals surface area contributed by atoms with Gasteiger partial charge < -0.3 is 14.7 Å². The minimum Gasteiger partial charge on any atom is -0.497 e. The number of fused-ring (bicyclic) bond motifs is 1. The Labute approximate surface area is 158 Å². The zero-order valence-electron chi connectivity index (χ0n) is 15.2. The van der Waals surface area contributed by atoms with Gasteiger partial charge >= 0.3 is 0 Å². The fourth-order valence-electron chi connectivity index (χ4n) is 3.70. The molecule has 0 radical (unpaired) electrons. The maximum atomic E-state index is 9.83. The van der Waals surface area contributed by atoms with E-state index in [0.717, 1.165) is 46.6 Å². The first kappa shape index (κ1) is 17.3. The Kier molecular flexibility index (Phi) is 4.66. The number of benzene rings is 2. The van der Waals surface area contributed by atoms with Gasteiger partial charge in [-0.2, -0.15) is 5.26 Å². The number of aliphatic hydroxyl groups excluding tert-OH is 1. The van der Waals surface area contributed by atoms with Crippen LogP contribution in [0.25, 0.3) is 21.9 Å². The number of rotatable bonds is 3. The highest BCUT2D eigenvalue weighted by atomic mass is 16.5. The van der Waals surface area contributed by atoms with E-state index in [1.165, 1.54) is 0 Å².